The van der Waals surface area contributed by atoms with Crippen LogP contribution in [0.15, 0.2) is 46.1 Å². The molecule has 8 heteroatoms. The molecule has 0 spiro atoms. The first kappa shape index (κ1) is 15.8. The molecule has 0 aliphatic heterocycles. The lowest BCUT2D eigenvalue weighted by molar-refractivity contribution is -0.121. The standard InChI is InChI=1S/C14H14ClN3O4/c15-10-2-1-3-11(8-10)22-7-5-16-13(20)9-18-6-4-12(19)17-14(18)21/h1-4,6,8H,5,7,9H2,(H,16,20)(H,17,19,21). The number of rotatable bonds is 6. The maximum Gasteiger partial charge on any atom is 0.328 e. The summed E-state index contributed by atoms with van der Waals surface area (Å²) in [6, 6.07) is 8.10. The zero-order chi connectivity index (χ0) is 15.9. The number of nitrogens with one attached hydrogen (secondary N) is 2. The van der Waals surface area contributed by atoms with E-state index in [1.165, 1.54) is 12.3 Å². The second-order valence-corrected chi connectivity index (χ2v) is 4.83. The summed E-state index contributed by atoms with van der Waals surface area (Å²) in [6.45, 7) is 0.378. The number of benzene rings is 1. The molecule has 1 amide bonds. The van der Waals surface area contributed by atoms with Crippen LogP contribution in [0.4, 0.5) is 0 Å². The highest BCUT2D eigenvalue weighted by molar-refractivity contribution is 6.30. The van der Waals surface area contributed by atoms with E-state index in [9.17, 15) is 14.4 Å². The Morgan fingerprint density at radius 2 is 2.14 bits per heavy atom. The van der Waals surface area contributed by atoms with Crippen LogP contribution in [0.5, 0.6) is 5.75 Å². The third kappa shape index (κ3) is 4.78. The van der Waals surface area contributed by atoms with Gasteiger partial charge in [0.2, 0.25) is 5.91 Å². The van der Waals surface area contributed by atoms with E-state index in [2.05, 4.69) is 10.3 Å². The van der Waals surface area contributed by atoms with Crippen molar-refractivity contribution in [3.05, 3.63) is 62.4 Å². The Hall–Kier alpha value is -2.54. The average Bonchev–Trinajstić information content (AvgIpc) is 2.47. The van der Waals surface area contributed by atoms with Crippen LogP contribution in [0.1, 0.15) is 0 Å². The van der Waals surface area contributed by atoms with Gasteiger partial charge in [-0.05, 0) is 18.2 Å². The van der Waals surface area contributed by atoms with Crippen molar-refractivity contribution in [2.24, 2.45) is 0 Å². The van der Waals surface area contributed by atoms with Gasteiger partial charge in [0, 0.05) is 17.3 Å². The number of hydrogen-bond acceptors (Lipinski definition) is 4. The summed E-state index contributed by atoms with van der Waals surface area (Å²) in [4.78, 5) is 36.1. The van der Waals surface area contributed by atoms with Gasteiger partial charge < -0.3 is 10.1 Å². The lowest BCUT2D eigenvalue weighted by Gasteiger charge is -2.08. The molecule has 0 unspecified atom stereocenters. The lowest BCUT2D eigenvalue weighted by atomic mass is 10.3. The molecule has 2 N–H and O–H groups in total. The summed E-state index contributed by atoms with van der Waals surface area (Å²) in [6.07, 6.45) is 1.27. The molecule has 0 radical (unpaired) electrons. The first-order valence-corrected chi connectivity index (χ1v) is 6.87. The van der Waals surface area contributed by atoms with Gasteiger partial charge in [0.05, 0.1) is 6.54 Å². The first-order chi connectivity index (χ1) is 10.5. The molecule has 0 saturated carbocycles. The Bertz CT molecular complexity index is 769. The molecule has 1 aromatic carbocycles. The predicted octanol–water partition coefficient (Wildman–Crippen LogP) is 0.385. The number of hydrogen-bond donors (Lipinski definition) is 2. The van der Waals surface area contributed by atoms with Crippen LogP contribution in [-0.2, 0) is 11.3 Å². The third-order valence-corrected chi connectivity index (χ3v) is 2.93. The molecule has 2 rings (SSSR count). The molecule has 0 saturated heterocycles. The van der Waals surface area contributed by atoms with Gasteiger partial charge in [0.25, 0.3) is 5.56 Å². The van der Waals surface area contributed by atoms with E-state index in [1.807, 2.05) is 0 Å². The van der Waals surface area contributed by atoms with Gasteiger partial charge in [-0.25, -0.2) is 4.79 Å². The minimum atomic E-state index is -0.627. The van der Waals surface area contributed by atoms with Crippen molar-refractivity contribution >= 4 is 17.5 Å². The first-order valence-electron chi connectivity index (χ1n) is 6.49. The van der Waals surface area contributed by atoms with E-state index < -0.39 is 11.2 Å². The average molecular weight is 324 g/mol. The number of carbonyl (C=O) groups is 1. The van der Waals surface area contributed by atoms with E-state index in [4.69, 9.17) is 16.3 Å². The van der Waals surface area contributed by atoms with Gasteiger partial charge in [-0.3, -0.25) is 19.1 Å². The zero-order valence-corrected chi connectivity index (χ0v) is 12.3. The second-order valence-electron chi connectivity index (χ2n) is 4.39. The molecule has 1 heterocycles. The Labute approximate surface area is 130 Å². The number of nitrogens with zero attached hydrogens (tertiary/aromatic N) is 1. The number of ether oxygens (including phenoxy) is 1. The van der Waals surface area contributed by atoms with Gasteiger partial charge in [-0.15, -0.1) is 0 Å². The van der Waals surface area contributed by atoms with Crippen LogP contribution in [0.25, 0.3) is 0 Å². The van der Waals surface area contributed by atoms with E-state index in [1.54, 1.807) is 24.3 Å². The topological polar surface area (TPSA) is 93.2 Å². The van der Waals surface area contributed by atoms with Gasteiger partial charge in [-0.2, -0.15) is 0 Å². The molecule has 0 atom stereocenters. The van der Waals surface area contributed by atoms with Crippen LogP contribution < -0.4 is 21.3 Å². The van der Waals surface area contributed by atoms with Gasteiger partial charge in [0.1, 0.15) is 18.9 Å². The molecule has 2 aromatic rings. The normalized spacial score (nSPS) is 10.2. The molecule has 0 aliphatic carbocycles. The summed E-state index contributed by atoms with van der Waals surface area (Å²) >= 11 is 5.82. The molecular weight excluding hydrogens is 310 g/mol. The largest absolute Gasteiger partial charge is 0.492 e. The minimum Gasteiger partial charge on any atom is -0.492 e. The van der Waals surface area contributed by atoms with Gasteiger partial charge in [-0.1, -0.05) is 17.7 Å². The zero-order valence-electron chi connectivity index (χ0n) is 11.5. The Morgan fingerprint density at radius 1 is 1.32 bits per heavy atom. The Morgan fingerprint density at radius 3 is 2.86 bits per heavy atom. The van der Waals surface area contributed by atoms with Crippen molar-refractivity contribution in [1.29, 1.82) is 0 Å². The fourth-order valence-corrected chi connectivity index (χ4v) is 1.88. The van der Waals surface area contributed by atoms with Crippen molar-refractivity contribution in [3.8, 4) is 5.75 Å². The van der Waals surface area contributed by atoms with Crippen molar-refractivity contribution in [3.63, 3.8) is 0 Å². The van der Waals surface area contributed by atoms with Crippen molar-refractivity contribution in [1.82, 2.24) is 14.9 Å². The smallest absolute Gasteiger partial charge is 0.328 e. The monoisotopic (exact) mass is 323 g/mol. The van der Waals surface area contributed by atoms with Gasteiger partial charge in [0.15, 0.2) is 0 Å². The molecule has 22 heavy (non-hydrogen) atoms. The van der Waals surface area contributed by atoms with Crippen molar-refractivity contribution in [2.45, 2.75) is 6.54 Å². The minimum absolute atomic E-state index is 0.174. The highest BCUT2D eigenvalue weighted by atomic mass is 35.5. The molecule has 116 valence electrons. The SMILES string of the molecule is O=C(Cn1ccc(=O)[nH]c1=O)NCCOc1cccc(Cl)c1. The maximum atomic E-state index is 11.7. The number of H-pyrrole nitrogens is 1. The van der Waals surface area contributed by atoms with Crippen molar-refractivity contribution in [2.75, 3.05) is 13.2 Å². The number of aromatic nitrogens is 2. The Kier molecular flexibility index (Phi) is 5.37. The molecule has 0 fully saturated rings. The summed E-state index contributed by atoms with van der Waals surface area (Å²) in [5.41, 5.74) is -1.13. The van der Waals surface area contributed by atoms with Crippen LogP contribution in [-0.4, -0.2) is 28.6 Å². The van der Waals surface area contributed by atoms with Gasteiger partial charge >= 0.3 is 5.69 Å². The highest BCUT2D eigenvalue weighted by Gasteiger charge is 2.04. The lowest BCUT2D eigenvalue weighted by Crippen LogP contribution is -2.36. The summed E-state index contributed by atoms with van der Waals surface area (Å²) in [5, 5.41) is 3.18. The van der Waals surface area contributed by atoms with Crippen LogP contribution in [0.3, 0.4) is 0 Å². The third-order valence-electron chi connectivity index (χ3n) is 2.70. The fourth-order valence-electron chi connectivity index (χ4n) is 1.70. The number of carbonyl (C=O) groups excluding carboxylic acids is 1. The number of amides is 1. The van der Waals surface area contributed by atoms with E-state index in [0.717, 1.165) is 4.57 Å². The van der Waals surface area contributed by atoms with E-state index in [0.29, 0.717) is 10.8 Å². The van der Waals surface area contributed by atoms with Crippen LogP contribution in [0, 0.1) is 0 Å². The van der Waals surface area contributed by atoms with E-state index >= 15 is 0 Å². The van der Waals surface area contributed by atoms with Crippen molar-refractivity contribution < 1.29 is 9.53 Å². The summed E-state index contributed by atoms with van der Waals surface area (Å²) in [5.74, 6) is 0.252. The highest BCUT2D eigenvalue weighted by Crippen LogP contribution is 2.16. The number of aromatic amines is 1. The molecular formula is C14H14ClN3O4. The Balaban J connectivity index is 1.76. The second kappa shape index (κ2) is 7.46. The number of halogens is 1. The fraction of sp³-hybridized carbons (Fsp3) is 0.214. The van der Waals surface area contributed by atoms with Crippen LogP contribution >= 0.6 is 11.6 Å². The van der Waals surface area contributed by atoms with E-state index in [-0.39, 0.29) is 25.6 Å². The quantitative estimate of drug-likeness (QED) is 0.752. The summed E-state index contributed by atoms with van der Waals surface area (Å²) in [7, 11) is 0. The van der Waals surface area contributed by atoms with Crippen LogP contribution in [0.2, 0.25) is 5.02 Å². The molecule has 0 bridgehead atoms. The predicted molar refractivity (Wildman–Crippen MR) is 81.3 cm³/mol. The maximum absolute atomic E-state index is 11.7. The molecule has 7 nitrogen and oxygen atoms in total. The molecule has 0 aliphatic rings. The molecule has 1 aromatic heterocycles. The summed E-state index contributed by atoms with van der Waals surface area (Å²) < 4.78 is 6.52.